The van der Waals surface area contributed by atoms with E-state index in [-0.39, 0.29) is 11.8 Å². The number of hydrogen-bond acceptors (Lipinski definition) is 5. The largest absolute Gasteiger partial charge is 0.289 e. The molecule has 31 heavy (non-hydrogen) atoms. The Kier molecular flexibility index (Phi) is 5.52. The van der Waals surface area contributed by atoms with Gasteiger partial charge in [-0.2, -0.15) is 0 Å². The van der Waals surface area contributed by atoms with Crippen molar-refractivity contribution in [3.63, 3.8) is 0 Å². The molecule has 6 nitrogen and oxygen atoms in total. The van der Waals surface area contributed by atoms with Gasteiger partial charge in [0.15, 0.2) is 5.13 Å². The van der Waals surface area contributed by atoms with E-state index in [9.17, 15) is 14.4 Å². The maximum Gasteiger partial charge on any atom is 0.266 e. The van der Waals surface area contributed by atoms with Crippen LogP contribution in [0.3, 0.4) is 0 Å². The molecular formula is C24H21N3O3S. The van der Waals surface area contributed by atoms with Crippen LogP contribution in [0.15, 0.2) is 53.9 Å². The molecule has 2 aromatic carbocycles. The number of carbonyl (C=O) groups excluding carboxylic acids is 3. The third-order valence-corrected chi connectivity index (χ3v) is 5.96. The van der Waals surface area contributed by atoms with Gasteiger partial charge in [0.2, 0.25) is 5.91 Å². The van der Waals surface area contributed by atoms with Gasteiger partial charge < -0.3 is 0 Å². The minimum Gasteiger partial charge on any atom is -0.289 e. The predicted molar refractivity (Wildman–Crippen MR) is 123 cm³/mol. The van der Waals surface area contributed by atoms with E-state index in [1.165, 1.54) is 23.2 Å². The average Bonchev–Trinajstić information content (AvgIpc) is 3.20. The summed E-state index contributed by atoms with van der Waals surface area (Å²) in [4.78, 5) is 45.8. The van der Waals surface area contributed by atoms with E-state index >= 15 is 0 Å². The summed E-state index contributed by atoms with van der Waals surface area (Å²) >= 11 is 1.34. The van der Waals surface area contributed by atoms with Crippen LogP contribution in [0.1, 0.15) is 41.0 Å². The summed E-state index contributed by atoms with van der Waals surface area (Å²) in [5.74, 6) is -0.842. The predicted octanol–water partition coefficient (Wildman–Crippen LogP) is 4.55. The third-order valence-electron chi connectivity index (χ3n) is 5.07. The molecule has 0 saturated heterocycles. The number of aryl methyl sites for hydroxylation is 1. The van der Waals surface area contributed by atoms with Crippen molar-refractivity contribution in [2.75, 3.05) is 16.3 Å². The zero-order valence-corrected chi connectivity index (χ0v) is 18.3. The van der Waals surface area contributed by atoms with Crippen molar-refractivity contribution in [3.05, 3.63) is 76.3 Å². The van der Waals surface area contributed by atoms with Crippen LogP contribution in [0.5, 0.6) is 0 Å². The average molecular weight is 432 g/mol. The molecule has 0 fully saturated rings. The molecule has 3 amide bonds. The van der Waals surface area contributed by atoms with E-state index in [4.69, 9.17) is 0 Å². The number of nitrogens with zero attached hydrogens (tertiary/aromatic N) is 3. The number of hydrogen-bond donors (Lipinski definition) is 0. The van der Waals surface area contributed by atoms with Crippen LogP contribution in [0.25, 0.3) is 11.6 Å². The fraction of sp³-hybridized carbons (Fsp3) is 0.167. The molecule has 0 aliphatic carbocycles. The van der Waals surface area contributed by atoms with Crippen molar-refractivity contribution in [1.29, 1.82) is 0 Å². The lowest BCUT2D eigenvalue weighted by atomic mass is 9.92. The first-order valence-corrected chi connectivity index (χ1v) is 10.8. The van der Waals surface area contributed by atoms with Crippen LogP contribution in [-0.2, 0) is 9.59 Å². The second-order valence-electron chi connectivity index (χ2n) is 7.21. The molecular weight excluding hydrogens is 410 g/mol. The maximum absolute atomic E-state index is 13.5. The number of anilines is 2. The van der Waals surface area contributed by atoms with E-state index in [0.29, 0.717) is 39.8 Å². The van der Waals surface area contributed by atoms with Gasteiger partial charge >= 0.3 is 0 Å². The standard InChI is InChI=1S/C24H21N3O3S/c1-4-26(16(3)28)24-25-17(14-31-24)13-21-19-10-5-6-11-20(19)22(29)27(23(21)30)18-9-7-8-15(2)12-18/h5-14H,4H2,1-3H3/b21-13+. The highest BCUT2D eigenvalue weighted by atomic mass is 32.1. The smallest absolute Gasteiger partial charge is 0.266 e. The summed E-state index contributed by atoms with van der Waals surface area (Å²) in [6.07, 6.45) is 1.68. The highest BCUT2D eigenvalue weighted by Gasteiger charge is 2.36. The molecule has 3 aromatic rings. The second-order valence-corrected chi connectivity index (χ2v) is 8.04. The lowest BCUT2D eigenvalue weighted by Gasteiger charge is -2.28. The zero-order valence-electron chi connectivity index (χ0n) is 17.5. The third kappa shape index (κ3) is 3.80. The van der Waals surface area contributed by atoms with Gasteiger partial charge in [-0.15, -0.1) is 11.3 Å². The molecule has 2 heterocycles. The molecule has 7 heteroatoms. The number of carbonyl (C=O) groups is 3. The molecule has 4 rings (SSSR count). The first-order chi connectivity index (χ1) is 14.9. The zero-order chi connectivity index (χ0) is 22.1. The van der Waals surface area contributed by atoms with Crippen molar-refractivity contribution in [1.82, 2.24) is 4.98 Å². The van der Waals surface area contributed by atoms with Gasteiger partial charge in [-0.3, -0.25) is 19.3 Å². The normalized spacial score (nSPS) is 14.7. The summed E-state index contributed by atoms with van der Waals surface area (Å²) in [5.41, 5.74) is 3.48. The minimum atomic E-state index is -0.400. The van der Waals surface area contributed by atoms with Gasteiger partial charge in [0.05, 0.1) is 17.0 Å². The van der Waals surface area contributed by atoms with E-state index < -0.39 is 5.91 Å². The Morgan fingerprint density at radius 2 is 1.84 bits per heavy atom. The first-order valence-electron chi connectivity index (χ1n) is 9.91. The Morgan fingerprint density at radius 1 is 1.10 bits per heavy atom. The van der Waals surface area contributed by atoms with Crippen LogP contribution in [-0.4, -0.2) is 29.3 Å². The molecule has 0 unspecified atom stereocenters. The molecule has 1 aliphatic heterocycles. The molecule has 0 spiro atoms. The lowest BCUT2D eigenvalue weighted by molar-refractivity contribution is -0.116. The minimum absolute atomic E-state index is 0.0913. The van der Waals surface area contributed by atoms with Crippen molar-refractivity contribution in [2.24, 2.45) is 0 Å². The molecule has 0 N–H and O–H groups in total. The second kappa shape index (κ2) is 8.28. The topological polar surface area (TPSA) is 70.6 Å². The van der Waals surface area contributed by atoms with Gasteiger partial charge in [0.1, 0.15) is 0 Å². The summed E-state index contributed by atoms with van der Waals surface area (Å²) in [6.45, 7) is 5.80. The summed E-state index contributed by atoms with van der Waals surface area (Å²) < 4.78 is 0. The Hall–Kier alpha value is -3.58. The molecule has 0 atom stereocenters. The van der Waals surface area contributed by atoms with E-state index in [1.807, 2.05) is 32.0 Å². The van der Waals surface area contributed by atoms with Crippen molar-refractivity contribution >= 4 is 51.5 Å². The van der Waals surface area contributed by atoms with Gasteiger partial charge in [-0.25, -0.2) is 9.88 Å². The van der Waals surface area contributed by atoms with Crippen molar-refractivity contribution in [3.8, 4) is 0 Å². The number of rotatable bonds is 4. The number of aromatic nitrogens is 1. The van der Waals surface area contributed by atoms with Gasteiger partial charge in [-0.1, -0.05) is 30.3 Å². The summed E-state index contributed by atoms with van der Waals surface area (Å²) in [6, 6.07) is 14.4. The Bertz CT molecular complexity index is 1230. The molecule has 0 radical (unpaired) electrons. The number of amides is 3. The van der Waals surface area contributed by atoms with Crippen LogP contribution < -0.4 is 9.80 Å². The van der Waals surface area contributed by atoms with Crippen LogP contribution in [0.2, 0.25) is 0 Å². The monoisotopic (exact) mass is 431 g/mol. The summed E-state index contributed by atoms with van der Waals surface area (Å²) in [5, 5.41) is 2.38. The number of benzene rings is 2. The number of imide groups is 1. The Balaban J connectivity index is 1.82. The maximum atomic E-state index is 13.5. The highest BCUT2D eigenvalue weighted by molar-refractivity contribution is 7.14. The van der Waals surface area contributed by atoms with Crippen LogP contribution in [0.4, 0.5) is 10.8 Å². The van der Waals surface area contributed by atoms with E-state index in [1.54, 1.807) is 46.7 Å². The fourth-order valence-electron chi connectivity index (χ4n) is 3.60. The molecule has 1 aromatic heterocycles. The Morgan fingerprint density at radius 3 is 2.52 bits per heavy atom. The quantitative estimate of drug-likeness (QED) is 0.449. The van der Waals surface area contributed by atoms with E-state index in [2.05, 4.69) is 4.98 Å². The van der Waals surface area contributed by atoms with Crippen LogP contribution >= 0.6 is 11.3 Å². The fourth-order valence-corrected chi connectivity index (χ4v) is 4.49. The summed E-state index contributed by atoms with van der Waals surface area (Å²) in [7, 11) is 0. The van der Waals surface area contributed by atoms with Crippen molar-refractivity contribution < 1.29 is 14.4 Å². The molecule has 0 bridgehead atoms. The highest BCUT2D eigenvalue weighted by Crippen LogP contribution is 2.34. The molecule has 1 aliphatic rings. The van der Waals surface area contributed by atoms with Crippen LogP contribution in [0, 0.1) is 6.92 Å². The van der Waals surface area contributed by atoms with Gasteiger partial charge in [0.25, 0.3) is 11.8 Å². The van der Waals surface area contributed by atoms with E-state index in [0.717, 1.165) is 5.56 Å². The number of thiazole rings is 1. The number of fused-ring (bicyclic) bond motifs is 1. The Labute approximate surface area is 184 Å². The van der Waals surface area contributed by atoms with Gasteiger partial charge in [0, 0.05) is 30.0 Å². The first kappa shape index (κ1) is 20.7. The SMILES string of the molecule is CCN(C(C)=O)c1nc(/C=C2/C(=O)N(c3cccc(C)c3)C(=O)c3ccccc32)cs1. The van der Waals surface area contributed by atoms with Gasteiger partial charge in [-0.05, 0) is 43.7 Å². The lowest BCUT2D eigenvalue weighted by Crippen LogP contribution is -2.41. The molecule has 156 valence electrons. The molecule has 0 saturated carbocycles. The van der Waals surface area contributed by atoms with Crippen molar-refractivity contribution in [2.45, 2.75) is 20.8 Å².